The molecular weight excluding hydrogens is 330 g/mol. The zero-order chi connectivity index (χ0) is 18.4. The molecule has 2 atom stereocenters. The Morgan fingerprint density at radius 2 is 1.92 bits per heavy atom. The van der Waals surface area contributed by atoms with Crippen LogP contribution in [0.15, 0.2) is 40.8 Å². The maximum absolute atomic E-state index is 13.0. The summed E-state index contributed by atoms with van der Waals surface area (Å²) in [5, 5.41) is 12.3. The fourth-order valence-electron chi connectivity index (χ4n) is 3.99. The second-order valence-corrected chi connectivity index (χ2v) is 7.18. The summed E-state index contributed by atoms with van der Waals surface area (Å²) >= 11 is 0. The highest BCUT2D eigenvalue weighted by Gasteiger charge is 2.34. The minimum Gasteiger partial charge on any atom is -0.481 e. The minimum atomic E-state index is -0.781. The number of likely N-dealkylation sites (tertiary alicyclic amines) is 1. The fraction of sp³-hybridized carbons (Fsp3) is 0.333. The molecule has 1 aromatic heterocycles. The number of nitrogens with zero attached hydrogens (tertiary/aromatic N) is 1. The fourth-order valence-corrected chi connectivity index (χ4v) is 3.99. The predicted octanol–water partition coefficient (Wildman–Crippen LogP) is 4.08. The molecule has 3 aromatic rings. The van der Waals surface area contributed by atoms with Gasteiger partial charge in [0.2, 0.25) is 0 Å². The third-order valence-electron chi connectivity index (χ3n) is 5.53. The van der Waals surface area contributed by atoms with Gasteiger partial charge in [-0.25, -0.2) is 0 Å². The first kappa shape index (κ1) is 16.6. The number of carboxylic acid groups (broad SMARTS) is 1. The molecule has 26 heavy (non-hydrogen) atoms. The van der Waals surface area contributed by atoms with Gasteiger partial charge >= 0.3 is 5.97 Å². The van der Waals surface area contributed by atoms with Gasteiger partial charge in [0, 0.05) is 29.4 Å². The summed E-state index contributed by atoms with van der Waals surface area (Å²) in [6.45, 7) is 4.67. The Morgan fingerprint density at radius 1 is 1.15 bits per heavy atom. The van der Waals surface area contributed by atoms with Gasteiger partial charge in [0.15, 0.2) is 5.76 Å². The first-order valence-corrected chi connectivity index (χ1v) is 8.90. The van der Waals surface area contributed by atoms with Crippen LogP contribution in [0.1, 0.15) is 29.5 Å². The van der Waals surface area contributed by atoms with Crippen molar-refractivity contribution >= 4 is 33.6 Å². The first-order chi connectivity index (χ1) is 12.5. The van der Waals surface area contributed by atoms with Crippen molar-refractivity contribution in [3.63, 3.8) is 0 Å². The maximum atomic E-state index is 13.0. The molecule has 0 spiro atoms. The van der Waals surface area contributed by atoms with Crippen LogP contribution in [0.25, 0.3) is 21.7 Å². The van der Waals surface area contributed by atoms with Crippen LogP contribution < -0.4 is 0 Å². The van der Waals surface area contributed by atoms with Crippen LogP contribution in [-0.2, 0) is 4.79 Å². The smallest absolute Gasteiger partial charge is 0.306 e. The molecule has 4 rings (SSSR count). The first-order valence-electron chi connectivity index (χ1n) is 8.90. The zero-order valence-corrected chi connectivity index (χ0v) is 14.9. The molecule has 0 radical (unpaired) electrons. The van der Waals surface area contributed by atoms with Gasteiger partial charge in [0.25, 0.3) is 5.91 Å². The highest BCUT2D eigenvalue weighted by atomic mass is 16.4. The molecule has 1 N–H and O–H groups in total. The molecular formula is C21H21NO4. The third-order valence-corrected chi connectivity index (χ3v) is 5.53. The number of carbonyl (C=O) groups is 2. The van der Waals surface area contributed by atoms with Crippen molar-refractivity contribution in [1.29, 1.82) is 0 Å². The molecule has 1 aliphatic heterocycles. The lowest BCUT2D eigenvalue weighted by Gasteiger charge is -2.34. The average Bonchev–Trinajstić information content (AvgIpc) is 2.98. The normalized spacial score (nSPS) is 20.6. The van der Waals surface area contributed by atoms with Crippen LogP contribution in [0, 0.1) is 18.8 Å². The number of aliphatic carboxylic acids is 1. The number of piperidine rings is 1. The monoisotopic (exact) mass is 351 g/mol. The summed E-state index contributed by atoms with van der Waals surface area (Å²) < 4.78 is 6.03. The van der Waals surface area contributed by atoms with Crippen molar-refractivity contribution in [1.82, 2.24) is 4.90 Å². The Bertz CT molecular complexity index is 1020. The van der Waals surface area contributed by atoms with E-state index in [1.807, 2.05) is 50.2 Å². The van der Waals surface area contributed by atoms with E-state index < -0.39 is 5.97 Å². The number of hydrogen-bond donors (Lipinski definition) is 1. The quantitative estimate of drug-likeness (QED) is 0.755. The van der Waals surface area contributed by atoms with E-state index in [1.54, 1.807) is 4.90 Å². The number of furan rings is 1. The lowest BCUT2D eigenvalue weighted by atomic mass is 9.87. The van der Waals surface area contributed by atoms with Gasteiger partial charge in [0.1, 0.15) is 5.58 Å². The average molecular weight is 351 g/mol. The SMILES string of the molecule is Cc1c(C(=O)N2CCC(C(=O)O)C(C)C2)oc2c1ccc1ccccc12. The van der Waals surface area contributed by atoms with Crippen molar-refractivity contribution in [2.24, 2.45) is 11.8 Å². The molecule has 1 saturated heterocycles. The van der Waals surface area contributed by atoms with Crippen LogP contribution >= 0.6 is 0 Å². The van der Waals surface area contributed by atoms with E-state index in [4.69, 9.17) is 4.42 Å². The number of hydrogen-bond acceptors (Lipinski definition) is 3. The minimum absolute atomic E-state index is 0.0734. The number of amides is 1. The van der Waals surface area contributed by atoms with Crippen molar-refractivity contribution < 1.29 is 19.1 Å². The molecule has 0 aliphatic carbocycles. The third kappa shape index (κ3) is 2.55. The van der Waals surface area contributed by atoms with E-state index in [0.717, 1.165) is 27.3 Å². The summed E-state index contributed by atoms with van der Waals surface area (Å²) in [6.07, 6.45) is 0.477. The molecule has 1 amide bonds. The molecule has 0 saturated carbocycles. The predicted molar refractivity (Wildman–Crippen MR) is 99.3 cm³/mol. The number of carbonyl (C=O) groups excluding carboxylic acids is 1. The Kier molecular flexibility index (Phi) is 3.94. The summed E-state index contributed by atoms with van der Waals surface area (Å²) in [7, 11) is 0. The molecule has 134 valence electrons. The van der Waals surface area contributed by atoms with Gasteiger partial charge in [-0.2, -0.15) is 0 Å². The van der Waals surface area contributed by atoms with Gasteiger partial charge in [-0.15, -0.1) is 0 Å². The number of benzene rings is 2. The standard InChI is InChI=1S/C21H21NO4/c1-12-11-22(10-9-15(12)21(24)25)20(23)18-13(2)16-8-7-14-5-3-4-6-17(14)19(16)26-18/h3-8,12,15H,9-11H2,1-2H3,(H,24,25). The van der Waals surface area contributed by atoms with E-state index in [1.165, 1.54) is 0 Å². The largest absolute Gasteiger partial charge is 0.481 e. The van der Waals surface area contributed by atoms with Crippen LogP contribution in [0.5, 0.6) is 0 Å². The summed E-state index contributed by atoms with van der Waals surface area (Å²) in [4.78, 5) is 26.0. The van der Waals surface area contributed by atoms with Crippen LogP contribution in [0.2, 0.25) is 0 Å². The number of carboxylic acids is 1. The van der Waals surface area contributed by atoms with Crippen molar-refractivity contribution in [3.8, 4) is 0 Å². The highest BCUT2D eigenvalue weighted by molar-refractivity contribution is 6.08. The molecule has 2 heterocycles. The Morgan fingerprint density at radius 3 is 2.65 bits per heavy atom. The van der Waals surface area contributed by atoms with Crippen LogP contribution in [-0.4, -0.2) is 35.0 Å². The van der Waals surface area contributed by atoms with Crippen molar-refractivity contribution in [2.45, 2.75) is 20.3 Å². The van der Waals surface area contributed by atoms with Gasteiger partial charge in [-0.1, -0.05) is 43.3 Å². The number of rotatable bonds is 2. The lowest BCUT2D eigenvalue weighted by molar-refractivity contribution is -0.145. The van der Waals surface area contributed by atoms with Gasteiger partial charge in [0.05, 0.1) is 5.92 Å². The van der Waals surface area contributed by atoms with Gasteiger partial charge in [-0.05, 0) is 24.6 Å². The molecule has 0 bridgehead atoms. The second kappa shape index (κ2) is 6.16. The molecule has 2 unspecified atom stereocenters. The van der Waals surface area contributed by atoms with Crippen molar-refractivity contribution in [3.05, 3.63) is 47.7 Å². The van der Waals surface area contributed by atoms with E-state index in [-0.39, 0.29) is 17.7 Å². The van der Waals surface area contributed by atoms with E-state index in [2.05, 4.69) is 0 Å². The molecule has 5 nitrogen and oxygen atoms in total. The Labute approximate surface area is 151 Å². The summed E-state index contributed by atoms with van der Waals surface area (Å²) in [5.74, 6) is -1.04. The molecule has 5 heteroatoms. The number of aryl methyl sites for hydroxylation is 1. The van der Waals surface area contributed by atoms with E-state index in [9.17, 15) is 14.7 Å². The topological polar surface area (TPSA) is 70.8 Å². The molecule has 1 aliphatic rings. The second-order valence-electron chi connectivity index (χ2n) is 7.18. The van der Waals surface area contributed by atoms with Gasteiger partial charge in [-0.3, -0.25) is 9.59 Å². The Hall–Kier alpha value is -2.82. The Balaban J connectivity index is 1.71. The van der Waals surface area contributed by atoms with Gasteiger partial charge < -0.3 is 14.4 Å². The van der Waals surface area contributed by atoms with E-state index >= 15 is 0 Å². The molecule has 2 aromatic carbocycles. The lowest BCUT2D eigenvalue weighted by Crippen LogP contribution is -2.45. The van der Waals surface area contributed by atoms with E-state index in [0.29, 0.717) is 25.3 Å². The number of fused-ring (bicyclic) bond motifs is 3. The summed E-state index contributed by atoms with van der Waals surface area (Å²) in [5.41, 5.74) is 1.57. The van der Waals surface area contributed by atoms with Crippen LogP contribution in [0.4, 0.5) is 0 Å². The molecule has 1 fully saturated rings. The summed E-state index contributed by atoms with van der Waals surface area (Å²) in [6, 6.07) is 12.0. The maximum Gasteiger partial charge on any atom is 0.306 e. The highest BCUT2D eigenvalue weighted by Crippen LogP contribution is 2.33. The zero-order valence-electron chi connectivity index (χ0n) is 14.9. The van der Waals surface area contributed by atoms with Crippen LogP contribution in [0.3, 0.4) is 0 Å². The van der Waals surface area contributed by atoms with Crippen molar-refractivity contribution in [2.75, 3.05) is 13.1 Å².